The summed E-state index contributed by atoms with van der Waals surface area (Å²) in [5, 5.41) is 13.5. The van der Waals surface area contributed by atoms with Crippen molar-refractivity contribution in [2.75, 3.05) is 13.1 Å². The van der Waals surface area contributed by atoms with Crippen molar-refractivity contribution in [2.24, 2.45) is 5.92 Å². The van der Waals surface area contributed by atoms with Crippen LogP contribution in [0.2, 0.25) is 0 Å². The minimum Gasteiger partial charge on any atom is -0.481 e. The lowest BCUT2D eigenvalue weighted by molar-refractivity contribution is -0.143. The predicted octanol–water partition coefficient (Wildman–Crippen LogP) is 1.94. The molecule has 0 bridgehead atoms. The Balaban J connectivity index is 1.68. The van der Waals surface area contributed by atoms with Gasteiger partial charge in [-0.05, 0) is 31.7 Å². The van der Waals surface area contributed by atoms with Gasteiger partial charge in [0, 0.05) is 19.3 Å². The van der Waals surface area contributed by atoms with E-state index in [2.05, 4.69) is 5.10 Å². The first-order chi connectivity index (χ1) is 10.1. The van der Waals surface area contributed by atoms with Gasteiger partial charge in [0.05, 0.1) is 12.0 Å². The monoisotopic (exact) mass is 291 g/mol. The highest BCUT2D eigenvalue weighted by Gasteiger charge is 2.30. The quantitative estimate of drug-likeness (QED) is 0.923. The van der Waals surface area contributed by atoms with Crippen LogP contribution in [0.25, 0.3) is 0 Å². The number of hydrogen-bond donors (Lipinski definition) is 1. The summed E-state index contributed by atoms with van der Waals surface area (Å²) < 4.78 is 1.90. The smallest absolute Gasteiger partial charge is 0.308 e. The maximum atomic E-state index is 12.5. The van der Waals surface area contributed by atoms with E-state index in [1.165, 1.54) is 12.8 Å². The standard InChI is InChI=1S/C15H21N3O3/c19-14(17-8-3-4-11(10-17)15(20)21)13-7-9-18(16-13)12-5-1-2-6-12/h7,9,11-12H,1-6,8,10H2,(H,20,21)/t11-/m0/s1. The zero-order valence-corrected chi connectivity index (χ0v) is 12.1. The predicted molar refractivity (Wildman–Crippen MR) is 76.0 cm³/mol. The Hall–Kier alpha value is -1.85. The van der Waals surface area contributed by atoms with Crippen LogP contribution in [0.1, 0.15) is 55.1 Å². The van der Waals surface area contributed by atoms with Gasteiger partial charge in [-0.1, -0.05) is 12.8 Å². The van der Waals surface area contributed by atoms with Crippen molar-refractivity contribution in [3.63, 3.8) is 0 Å². The average molecular weight is 291 g/mol. The molecule has 1 saturated carbocycles. The molecule has 1 aliphatic carbocycles. The molecule has 2 heterocycles. The molecule has 1 saturated heterocycles. The molecule has 1 atom stereocenters. The summed E-state index contributed by atoms with van der Waals surface area (Å²) in [7, 11) is 0. The van der Waals surface area contributed by atoms with Crippen LogP contribution in [0.4, 0.5) is 0 Å². The molecule has 1 amide bonds. The van der Waals surface area contributed by atoms with Gasteiger partial charge in [-0.2, -0.15) is 5.10 Å². The van der Waals surface area contributed by atoms with E-state index in [1.807, 2.05) is 10.9 Å². The van der Waals surface area contributed by atoms with Gasteiger partial charge in [-0.15, -0.1) is 0 Å². The molecule has 6 nitrogen and oxygen atoms in total. The molecular formula is C15H21N3O3. The van der Waals surface area contributed by atoms with Crippen molar-refractivity contribution in [3.8, 4) is 0 Å². The minimum absolute atomic E-state index is 0.141. The van der Waals surface area contributed by atoms with E-state index in [0.29, 0.717) is 31.2 Å². The first-order valence-corrected chi connectivity index (χ1v) is 7.72. The molecule has 1 aromatic heterocycles. The van der Waals surface area contributed by atoms with Gasteiger partial charge in [-0.3, -0.25) is 14.3 Å². The second kappa shape index (κ2) is 5.87. The van der Waals surface area contributed by atoms with Gasteiger partial charge < -0.3 is 10.0 Å². The lowest BCUT2D eigenvalue weighted by atomic mass is 9.98. The van der Waals surface area contributed by atoms with Gasteiger partial charge in [0.15, 0.2) is 0 Å². The first-order valence-electron chi connectivity index (χ1n) is 7.72. The van der Waals surface area contributed by atoms with E-state index < -0.39 is 11.9 Å². The summed E-state index contributed by atoms with van der Waals surface area (Å²) in [6.07, 6.45) is 7.96. The van der Waals surface area contributed by atoms with E-state index in [4.69, 9.17) is 5.11 Å². The summed E-state index contributed by atoms with van der Waals surface area (Å²) in [6.45, 7) is 0.920. The van der Waals surface area contributed by atoms with Gasteiger partial charge in [-0.25, -0.2) is 0 Å². The summed E-state index contributed by atoms with van der Waals surface area (Å²) in [5.41, 5.74) is 0.438. The van der Waals surface area contributed by atoms with Gasteiger partial charge in [0.1, 0.15) is 5.69 Å². The highest BCUT2D eigenvalue weighted by atomic mass is 16.4. The van der Waals surface area contributed by atoms with E-state index >= 15 is 0 Å². The van der Waals surface area contributed by atoms with Crippen LogP contribution in [0, 0.1) is 5.92 Å². The summed E-state index contributed by atoms with van der Waals surface area (Å²) in [4.78, 5) is 25.2. The van der Waals surface area contributed by atoms with Crippen LogP contribution in [-0.4, -0.2) is 44.8 Å². The number of nitrogens with zero attached hydrogens (tertiary/aromatic N) is 3. The van der Waals surface area contributed by atoms with Crippen LogP contribution >= 0.6 is 0 Å². The van der Waals surface area contributed by atoms with Gasteiger partial charge >= 0.3 is 5.97 Å². The van der Waals surface area contributed by atoms with Gasteiger partial charge in [0.25, 0.3) is 5.91 Å². The van der Waals surface area contributed by atoms with E-state index in [1.54, 1.807) is 11.0 Å². The molecule has 3 rings (SSSR count). The molecule has 21 heavy (non-hydrogen) atoms. The third-order valence-electron chi connectivity index (χ3n) is 4.58. The van der Waals surface area contributed by atoms with E-state index in [9.17, 15) is 9.59 Å². The Labute approximate surface area is 123 Å². The van der Waals surface area contributed by atoms with Crippen molar-refractivity contribution in [3.05, 3.63) is 18.0 Å². The number of carboxylic acids is 1. The van der Waals surface area contributed by atoms with Crippen LogP contribution in [0.3, 0.4) is 0 Å². The maximum absolute atomic E-state index is 12.5. The second-order valence-electron chi connectivity index (χ2n) is 6.05. The molecule has 114 valence electrons. The number of amides is 1. The van der Waals surface area contributed by atoms with Crippen LogP contribution < -0.4 is 0 Å². The fourth-order valence-electron chi connectivity index (χ4n) is 3.35. The number of carbonyl (C=O) groups is 2. The second-order valence-corrected chi connectivity index (χ2v) is 6.05. The Morgan fingerprint density at radius 2 is 1.95 bits per heavy atom. The average Bonchev–Trinajstić information content (AvgIpc) is 3.17. The number of carboxylic acid groups (broad SMARTS) is 1. The van der Waals surface area contributed by atoms with E-state index in [0.717, 1.165) is 19.3 Å². The molecule has 2 aliphatic rings. The Morgan fingerprint density at radius 1 is 1.19 bits per heavy atom. The number of aliphatic carboxylic acids is 1. The maximum Gasteiger partial charge on any atom is 0.308 e. The fourth-order valence-corrected chi connectivity index (χ4v) is 3.35. The molecule has 2 fully saturated rings. The molecular weight excluding hydrogens is 270 g/mol. The molecule has 1 N–H and O–H groups in total. The fraction of sp³-hybridized carbons (Fsp3) is 0.667. The highest BCUT2D eigenvalue weighted by molar-refractivity contribution is 5.92. The summed E-state index contributed by atoms with van der Waals surface area (Å²) in [6, 6.07) is 2.17. The SMILES string of the molecule is O=C(O)[C@H]1CCCN(C(=O)c2ccn(C3CCCC3)n2)C1. The van der Waals surface area contributed by atoms with Crippen LogP contribution in [0.5, 0.6) is 0 Å². The number of piperidine rings is 1. The van der Waals surface area contributed by atoms with Gasteiger partial charge in [0.2, 0.25) is 0 Å². The largest absolute Gasteiger partial charge is 0.481 e. The normalized spacial score (nSPS) is 23.4. The lowest BCUT2D eigenvalue weighted by Gasteiger charge is -2.30. The Morgan fingerprint density at radius 3 is 2.67 bits per heavy atom. The Kier molecular flexibility index (Phi) is 3.94. The molecule has 0 aromatic carbocycles. The number of carbonyl (C=O) groups excluding carboxylic acids is 1. The molecule has 0 spiro atoms. The lowest BCUT2D eigenvalue weighted by Crippen LogP contribution is -2.42. The number of rotatable bonds is 3. The molecule has 1 aromatic rings. The first kappa shape index (κ1) is 14.1. The van der Waals surface area contributed by atoms with Crippen molar-refractivity contribution in [1.29, 1.82) is 0 Å². The zero-order valence-electron chi connectivity index (χ0n) is 12.1. The molecule has 1 aliphatic heterocycles. The highest BCUT2D eigenvalue weighted by Crippen LogP contribution is 2.29. The number of aromatic nitrogens is 2. The number of hydrogen-bond acceptors (Lipinski definition) is 3. The Bertz CT molecular complexity index is 534. The third kappa shape index (κ3) is 2.94. The summed E-state index contributed by atoms with van der Waals surface area (Å²) >= 11 is 0. The minimum atomic E-state index is -0.816. The van der Waals surface area contributed by atoms with Crippen LogP contribution in [-0.2, 0) is 4.79 Å². The third-order valence-corrected chi connectivity index (χ3v) is 4.58. The molecule has 0 radical (unpaired) electrons. The van der Waals surface area contributed by atoms with Crippen molar-refractivity contribution in [1.82, 2.24) is 14.7 Å². The van der Waals surface area contributed by atoms with Crippen molar-refractivity contribution >= 4 is 11.9 Å². The topological polar surface area (TPSA) is 75.4 Å². The number of likely N-dealkylation sites (tertiary alicyclic amines) is 1. The van der Waals surface area contributed by atoms with Crippen molar-refractivity contribution in [2.45, 2.75) is 44.6 Å². The van der Waals surface area contributed by atoms with Crippen LogP contribution in [0.15, 0.2) is 12.3 Å². The summed E-state index contributed by atoms with van der Waals surface area (Å²) in [5.74, 6) is -1.40. The molecule has 6 heteroatoms. The molecule has 0 unspecified atom stereocenters. The zero-order chi connectivity index (χ0) is 14.8. The van der Waals surface area contributed by atoms with E-state index in [-0.39, 0.29) is 5.91 Å². The van der Waals surface area contributed by atoms with Crippen molar-refractivity contribution < 1.29 is 14.7 Å².